The molecule has 5 nitrogen and oxygen atoms in total. The maximum atomic E-state index is 10.9. The molecule has 3 N–H and O–H groups in total. The van der Waals surface area contributed by atoms with Gasteiger partial charge in [0.05, 0.1) is 4.92 Å². The fourth-order valence-corrected chi connectivity index (χ4v) is 2.40. The summed E-state index contributed by atoms with van der Waals surface area (Å²) in [6.07, 6.45) is 4.10. The van der Waals surface area contributed by atoms with E-state index in [2.05, 4.69) is 5.32 Å². The van der Waals surface area contributed by atoms with Crippen LogP contribution in [0, 0.1) is 17.0 Å². The number of nitro groups is 1. The van der Waals surface area contributed by atoms with Gasteiger partial charge in [-0.2, -0.15) is 0 Å². The zero-order valence-corrected chi connectivity index (χ0v) is 10.6. The van der Waals surface area contributed by atoms with E-state index < -0.39 is 0 Å². The Kier molecular flexibility index (Phi) is 3.81. The van der Waals surface area contributed by atoms with Gasteiger partial charge in [0.15, 0.2) is 0 Å². The zero-order valence-electron chi connectivity index (χ0n) is 10.6. The van der Waals surface area contributed by atoms with Crippen LogP contribution in [0.25, 0.3) is 0 Å². The van der Waals surface area contributed by atoms with E-state index in [1.165, 1.54) is 0 Å². The van der Waals surface area contributed by atoms with Crippen LogP contribution in [-0.2, 0) is 0 Å². The van der Waals surface area contributed by atoms with Crippen LogP contribution >= 0.6 is 0 Å². The molecule has 0 spiro atoms. The van der Waals surface area contributed by atoms with Crippen LogP contribution in [0.2, 0.25) is 0 Å². The molecule has 0 saturated heterocycles. The minimum absolute atomic E-state index is 0.174. The van der Waals surface area contributed by atoms with Gasteiger partial charge in [0.1, 0.15) is 0 Å². The molecule has 1 aromatic carbocycles. The predicted octanol–water partition coefficient (Wildman–Crippen LogP) is 2.59. The third-order valence-electron chi connectivity index (χ3n) is 3.55. The SMILES string of the molecule is Cc1ccc(NC2CCC(N)CC2)cc1[N+](=O)[O-]. The van der Waals surface area contributed by atoms with Gasteiger partial charge in [-0.3, -0.25) is 10.1 Å². The molecule has 1 fully saturated rings. The second-order valence-corrected chi connectivity index (χ2v) is 5.01. The molecular weight excluding hydrogens is 230 g/mol. The van der Waals surface area contributed by atoms with Gasteiger partial charge in [-0.05, 0) is 38.7 Å². The molecule has 0 radical (unpaired) electrons. The van der Waals surface area contributed by atoms with E-state index in [0.29, 0.717) is 17.6 Å². The fourth-order valence-electron chi connectivity index (χ4n) is 2.40. The Morgan fingerprint density at radius 2 is 2.00 bits per heavy atom. The third-order valence-corrected chi connectivity index (χ3v) is 3.55. The average molecular weight is 249 g/mol. The topological polar surface area (TPSA) is 81.2 Å². The summed E-state index contributed by atoms with van der Waals surface area (Å²) >= 11 is 0. The fraction of sp³-hybridized carbons (Fsp3) is 0.538. The highest BCUT2D eigenvalue weighted by Crippen LogP contribution is 2.25. The van der Waals surface area contributed by atoms with Crippen molar-refractivity contribution in [2.45, 2.75) is 44.7 Å². The molecule has 5 heteroatoms. The number of hydrogen-bond acceptors (Lipinski definition) is 4. The Morgan fingerprint density at radius 1 is 1.33 bits per heavy atom. The summed E-state index contributed by atoms with van der Waals surface area (Å²) in [5.74, 6) is 0. The summed E-state index contributed by atoms with van der Waals surface area (Å²) in [6.45, 7) is 1.75. The number of nitrogens with zero attached hydrogens (tertiary/aromatic N) is 1. The monoisotopic (exact) mass is 249 g/mol. The van der Waals surface area contributed by atoms with E-state index >= 15 is 0 Å². The molecule has 0 unspecified atom stereocenters. The van der Waals surface area contributed by atoms with E-state index in [1.807, 2.05) is 6.07 Å². The number of aryl methyl sites for hydroxylation is 1. The first-order valence-corrected chi connectivity index (χ1v) is 6.33. The first-order valence-electron chi connectivity index (χ1n) is 6.33. The van der Waals surface area contributed by atoms with E-state index in [4.69, 9.17) is 5.73 Å². The Bertz CT molecular complexity index is 440. The minimum Gasteiger partial charge on any atom is -0.382 e. The molecule has 18 heavy (non-hydrogen) atoms. The van der Waals surface area contributed by atoms with Crippen LogP contribution in [-0.4, -0.2) is 17.0 Å². The zero-order chi connectivity index (χ0) is 13.1. The molecular formula is C13H19N3O2. The van der Waals surface area contributed by atoms with Crippen LogP contribution in [0.5, 0.6) is 0 Å². The summed E-state index contributed by atoms with van der Waals surface area (Å²) in [5.41, 5.74) is 7.55. The van der Waals surface area contributed by atoms with E-state index in [0.717, 1.165) is 31.4 Å². The van der Waals surface area contributed by atoms with Gasteiger partial charge in [0.25, 0.3) is 5.69 Å². The molecule has 1 saturated carbocycles. The molecule has 0 heterocycles. The van der Waals surface area contributed by atoms with Crippen molar-refractivity contribution < 1.29 is 4.92 Å². The Labute approximate surface area is 107 Å². The number of hydrogen-bond donors (Lipinski definition) is 2. The summed E-state index contributed by atoms with van der Waals surface area (Å²) in [7, 11) is 0. The van der Waals surface area contributed by atoms with Crippen molar-refractivity contribution in [1.29, 1.82) is 0 Å². The summed E-state index contributed by atoms with van der Waals surface area (Å²) in [5, 5.41) is 14.2. The summed E-state index contributed by atoms with van der Waals surface area (Å²) in [4.78, 5) is 10.5. The second-order valence-electron chi connectivity index (χ2n) is 5.01. The van der Waals surface area contributed by atoms with Crippen molar-refractivity contribution in [3.8, 4) is 0 Å². The van der Waals surface area contributed by atoms with Gasteiger partial charge in [0.2, 0.25) is 0 Å². The molecule has 0 aromatic heterocycles. The number of nitrogens with one attached hydrogen (secondary N) is 1. The lowest BCUT2D eigenvalue weighted by atomic mass is 9.91. The highest BCUT2D eigenvalue weighted by molar-refractivity contribution is 5.55. The van der Waals surface area contributed by atoms with E-state index in [-0.39, 0.29) is 10.6 Å². The van der Waals surface area contributed by atoms with Crippen LogP contribution in [0.3, 0.4) is 0 Å². The highest BCUT2D eigenvalue weighted by Gasteiger charge is 2.19. The third kappa shape index (κ3) is 2.98. The van der Waals surface area contributed by atoms with Crippen molar-refractivity contribution in [2.24, 2.45) is 5.73 Å². The van der Waals surface area contributed by atoms with Gasteiger partial charge in [-0.25, -0.2) is 0 Å². The van der Waals surface area contributed by atoms with Crippen molar-refractivity contribution in [3.63, 3.8) is 0 Å². The molecule has 0 bridgehead atoms. The highest BCUT2D eigenvalue weighted by atomic mass is 16.6. The van der Waals surface area contributed by atoms with Gasteiger partial charge in [-0.15, -0.1) is 0 Å². The van der Waals surface area contributed by atoms with Crippen LogP contribution in [0.4, 0.5) is 11.4 Å². The first-order chi connectivity index (χ1) is 8.56. The molecule has 2 rings (SSSR count). The molecule has 0 atom stereocenters. The number of anilines is 1. The molecule has 0 amide bonds. The lowest BCUT2D eigenvalue weighted by Gasteiger charge is -2.27. The molecule has 1 aliphatic carbocycles. The van der Waals surface area contributed by atoms with E-state index in [1.54, 1.807) is 19.1 Å². The predicted molar refractivity (Wildman–Crippen MR) is 71.7 cm³/mol. The largest absolute Gasteiger partial charge is 0.382 e. The minimum atomic E-state index is -0.336. The number of nitrogens with two attached hydrogens (primary N) is 1. The Hall–Kier alpha value is -1.62. The maximum Gasteiger partial charge on any atom is 0.274 e. The van der Waals surface area contributed by atoms with Gasteiger partial charge >= 0.3 is 0 Å². The Balaban J connectivity index is 2.05. The Morgan fingerprint density at radius 3 is 2.61 bits per heavy atom. The normalized spacial score (nSPS) is 23.7. The molecule has 0 aliphatic heterocycles. The van der Waals surface area contributed by atoms with Gasteiger partial charge in [-0.1, -0.05) is 6.07 Å². The quantitative estimate of drug-likeness (QED) is 0.637. The molecule has 1 aliphatic rings. The summed E-state index contributed by atoms with van der Waals surface area (Å²) < 4.78 is 0. The maximum absolute atomic E-state index is 10.9. The lowest BCUT2D eigenvalue weighted by molar-refractivity contribution is -0.385. The van der Waals surface area contributed by atoms with Gasteiger partial charge < -0.3 is 11.1 Å². The first kappa shape index (κ1) is 12.8. The van der Waals surface area contributed by atoms with Crippen LogP contribution in [0.1, 0.15) is 31.2 Å². The summed E-state index contributed by atoms with van der Waals surface area (Å²) in [6, 6.07) is 6.00. The standard InChI is InChI=1S/C13H19N3O2/c1-9-2-5-12(8-13(9)16(17)18)15-11-6-3-10(14)4-7-11/h2,5,8,10-11,15H,3-4,6-7,14H2,1H3. The number of benzene rings is 1. The number of nitro benzene ring substituents is 1. The smallest absolute Gasteiger partial charge is 0.274 e. The average Bonchev–Trinajstić information content (AvgIpc) is 2.34. The second kappa shape index (κ2) is 5.35. The molecule has 1 aromatic rings. The molecule has 98 valence electrons. The lowest BCUT2D eigenvalue weighted by Crippen LogP contribution is -2.32. The van der Waals surface area contributed by atoms with Crippen LogP contribution in [0.15, 0.2) is 18.2 Å². The van der Waals surface area contributed by atoms with Crippen molar-refractivity contribution >= 4 is 11.4 Å². The van der Waals surface area contributed by atoms with Crippen LogP contribution < -0.4 is 11.1 Å². The van der Waals surface area contributed by atoms with E-state index in [9.17, 15) is 10.1 Å². The number of rotatable bonds is 3. The van der Waals surface area contributed by atoms with Crippen molar-refractivity contribution in [2.75, 3.05) is 5.32 Å². The van der Waals surface area contributed by atoms with Crippen molar-refractivity contribution in [1.82, 2.24) is 0 Å². The van der Waals surface area contributed by atoms with Crippen molar-refractivity contribution in [3.05, 3.63) is 33.9 Å². The van der Waals surface area contributed by atoms with Gasteiger partial charge in [0, 0.05) is 29.4 Å².